The summed E-state index contributed by atoms with van der Waals surface area (Å²) in [5.41, 5.74) is 0.388. The summed E-state index contributed by atoms with van der Waals surface area (Å²) >= 11 is 0. The number of hydrogen-bond acceptors (Lipinski definition) is 3. The fourth-order valence-electron chi connectivity index (χ4n) is 1.30. The zero-order chi connectivity index (χ0) is 9.42. The van der Waals surface area contributed by atoms with E-state index in [-0.39, 0.29) is 11.3 Å². The van der Waals surface area contributed by atoms with E-state index in [1.165, 1.54) is 6.20 Å². The lowest BCUT2D eigenvalue weighted by molar-refractivity contribution is -0.116. The standard InChI is InChI=1S/C8H4FN3O/c9-5-2-11-3-6-7(5)4(1-10)8(13)12-6/h2-4H,(H,12,13). The molecule has 0 radical (unpaired) electrons. The van der Waals surface area contributed by atoms with Crippen molar-refractivity contribution in [3.8, 4) is 6.07 Å². The number of hydrogen-bond donors (Lipinski definition) is 1. The Morgan fingerprint density at radius 2 is 2.38 bits per heavy atom. The summed E-state index contributed by atoms with van der Waals surface area (Å²) in [5.74, 6) is -2.16. The Kier molecular flexibility index (Phi) is 1.49. The molecule has 0 spiro atoms. The van der Waals surface area contributed by atoms with Gasteiger partial charge in [0.1, 0.15) is 5.82 Å². The SMILES string of the molecule is N#CC1C(=O)Nc2cncc(F)c21. The summed E-state index contributed by atoms with van der Waals surface area (Å²) in [7, 11) is 0. The summed E-state index contributed by atoms with van der Waals surface area (Å²) in [5, 5.41) is 11.0. The highest BCUT2D eigenvalue weighted by Gasteiger charge is 2.33. The van der Waals surface area contributed by atoms with Crippen LogP contribution >= 0.6 is 0 Å². The van der Waals surface area contributed by atoms with Crippen LogP contribution in [0.15, 0.2) is 12.4 Å². The van der Waals surface area contributed by atoms with Gasteiger partial charge < -0.3 is 5.32 Å². The van der Waals surface area contributed by atoms with Crippen LogP contribution in [0, 0.1) is 17.1 Å². The normalized spacial score (nSPS) is 19.1. The number of nitrogens with one attached hydrogen (secondary N) is 1. The number of carbonyl (C=O) groups excluding carboxylic acids is 1. The van der Waals surface area contributed by atoms with Crippen LogP contribution in [0.5, 0.6) is 0 Å². The second-order valence-electron chi connectivity index (χ2n) is 2.63. The van der Waals surface area contributed by atoms with Gasteiger partial charge in [-0.2, -0.15) is 5.26 Å². The predicted octanol–water partition coefficient (Wildman–Crippen LogP) is 0.780. The molecule has 4 nitrogen and oxygen atoms in total. The maximum Gasteiger partial charge on any atom is 0.246 e. The molecule has 2 heterocycles. The molecule has 13 heavy (non-hydrogen) atoms. The summed E-state index contributed by atoms with van der Waals surface area (Å²) in [6, 6.07) is 1.73. The van der Waals surface area contributed by atoms with Crippen molar-refractivity contribution in [2.24, 2.45) is 0 Å². The number of fused-ring (bicyclic) bond motifs is 1. The fraction of sp³-hybridized carbons (Fsp3) is 0.125. The summed E-state index contributed by atoms with van der Waals surface area (Å²) < 4.78 is 13.1. The zero-order valence-electron chi connectivity index (χ0n) is 6.41. The van der Waals surface area contributed by atoms with E-state index in [0.717, 1.165) is 6.20 Å². The van der Waals surface area contributed by atoms with Crippen molar-refractivity contribution < 1.29 is 9.18 Å². The second-order valence-corrected chi connectivity index (χ2v) is 2.63. The first-order valence-electron chi connectivity index (χ1n) is 3.58. The third-order valence-corrected chi connectivity index (χ3v) is 1.88. The number of nitriles is 1. The van der Waals surface area contributed by atoms with Crippen LogP contribution in [-0.2, 0) is 4.79 Å². The topological polar surface area (TPSA) is 65.8 Å². The quantitative estimate of drug-likeness (QED) is 0.636. The number of halogens is 1. The summed E-state index contributed by atoms with van der Waals surface area (Å²) in [4.78, 5) is 14.6. The number of carbonyl (C=O) groups is 1. The van der Waals surface area contributed by atoms with Gasteiger partial charge in [0.25, 0.3) is 0 Å². The highest BCUT2D eigenvalue weighted by molar-refractivity contribution is 6.04. The molecule has 1 aliphatic rings. The van der Waals surface area contributed by atoms with Crippen molar-refractivity contribution in [3.05, 3.63) is 23.8 Å². The average molecular weight is 177 g/mol. The predicted molar refractivity (Wildman–Crippen MR) is 41.2 cm³/mol. The molecule has 0 bridgehead atoms. The maximum absolute atomic E-state index is 13.1. The van der Waals surface area contributed by atoms with E-state index in [9.17, 15) is 9.18 Å². The third-order valence-electron chi connectivity index (χ3n) is 1.88. The molecule has 0 aromatic carbocycles. The third kappa shape index (κ3) is 0.957. The van der Waals surface area contributed by atoms with Crippen LogP contribution in [0.3, 0.4) is 0 Å². The van der Waals surface area contributed by atoms with Crippen LogP contribution in [-0.4, -0.2) is 10.9 Å². The van der Waals surface area contributed by atoms with Crippen molar-refractivity contribution in [1.29, 1.82) is 5.26 Å². The van der Waals surface area contributed by atoms with E-state index in [1.54, 1.807) is 6.07 Å². The summed E-state index contributed by atoms with van der Waals surface area (Å²) in [6.45, 7) is 0. The molecule has 5 heteroatoms. The molecule has 0 aliphatic carbocycles. The molecule has 64 valence electrons. The van der Waals surface area contributed by atoms with Crippen molar-refractivity contribution >= 4 is 11.6 Å². The van der Waals surface area contributed by atoms with Crippen LogP contribution in [0.4, 0.5) is 10.1 Å². The van der Waals surface area contributed by atoms with Gasteiger partial charge in [-0.15, -0.1) is 0 Å². The van der Waals surface area contributed by atoms with Gasteiger partial charge in [-0.05, 0) is 0 Å². The van der Waals surface area contributed by atoms with Gasteiger partial charge in [-0.1, -0.05) is 0 Å². The number of amides is 1. The molecule has 1 aromatic heterocycles. The van der Waals surface area contributed by atoms with Gasteiger partial charge >= 0.3 is 0 Å². The van der Waals surface area contributed by atoms with Crippen LogP contribution in [0.2, 0.25) is 0 Å². The minimum atomic E-state index is -1.04. The Morgan fingerprint density at radius 3 is 3.08 bits per heavy atom. The highest BCUT2D eigenvalue weighted by atomic mass is 19.1. The number of rotatable bonds is 0. The number of anilines is 1. The molecule has 2 rings (SSSR count). The van der Waals surface area contributed by atoms with Crippen LogP contribution in [0.25, 0.3) is 0 Å². The van der Waals surface area contributed by atoms with Gasteiger partial charge in [-0.3, -0.25) is 9.78 Å². The first kappa shape index (κ1) is 7.68. The van der Waals surface area contributed by atoms with Gasteiger partial charge in [0, 0.05) is 5.56 Å². The number of nitrogens with zero attached hydrogens (tertiary/aromatic N) is 2. The van der Waals surface area contributed by atoms with Crippen molar-refractivity contribution in [2.75, 3.05) is 5.32 Å². The van der Waals surface area contributed by atoms with Crippen molar-refractivity contribution in [2.45, 2.75) is 5.92 Å². The van der Waals surface area contributed by atoms with E-state index in [1.807, 2.05) is 0 Å². The first-order valence-corrected chi connectivity index (χ1v) is 3.58. The monoisotopic (exact) mass is 177 g/mol. The van der Waals surface area contributed by atoms with E-state index < -0.39 is 17.6 Å². The molecule has 0 saturated heterocycles. The molecule has 0 fully saturated rings. The molecule has 1 unspecified atom stereocenters. The minimum Gasteiger partial charge on any atom is -0.323 e. The van der Waals surface area contributed by atoms with Crippen LogP contribution in [0.1, 0.15) is 11.5 Å². The molecule has 0 saturated carbocycles. The fourth-order valence-corrected chi connectivity index (χ4v) is 1.30. The van der Waals surface area contributed by atoms with Crippen molar-refractivity contribution in [1.82, 2.24) is 4.98 Å². The van der Waals surface area contributed by atoms with E-state index in [2.05, 4.69) is 10.3 Å². The molecule has 1 aliphatic heterocycles. The van der Waals surface area contributed by atoms with Crippen molar-refractivity contribution in [3.63, 3.8) is 0 Å². The lowest BCUT2D eigenvalue weighted by Crippen LogP contribution is -2.10. The smallest absolute Gasteiger partial charge is 0.246 e. The Labute approximate surface area is 73.0 Å². The lowest BCUT2D eigenvalue weighted by atomic mass is 10.0. The van der Waals surface area contributed by atoms with E-state index >= 15 is 0 Å². The molecule has 1 N–H and O–H groups in total. The highest BCUT2D eigenvalue weighted by Crippen LogP contribution is 2.32. The minimum absolute atomic E-state index is 0.0995. The molecular weight excluding hydrogens is 173 g/mol. The maximum atomic E-state index is 13.1. The van der Waals surface area contributed by atoms with Gasteiger partial charge in [0.05, 0.1) is 24.2 Å². The van der Waals surface area contributed by atoms with E-state index in [0.29, 0.717) is 0 Å². The molecule has 1 aromatic rings. The summed E-state index contributed by atoms with van der Waals surface area (Å²) in [6.07, 6.45) is 2.32. The van der Waals surface area contributed by atoms with Gasteiger partial charge in [-0.25, -0.2) is 4.39 Å². The largest absolute Gasteiger partial charge is 0.323 e. The Bertz CT molecular complexity index is 424. The second kappa shape index (κ2) is 2.52. The van der Waals surface area contributed by atoms with Gasteiger partial charge in [0.2, 0.25) is 5.91 Å². The van der Waals surface area contributed by atoms with Gasteiger partial charge in [0.15, 0.2) is 5.92 Å². The average Bonchev–Trinajstić information content (AvgIpc) is 2.42. The van der Waals surface area contributed by atoms with E-state index in [4.69, 9.17) is 5.26 Å². The number of pyridine rings is 1. The molecular formula is C8H4FN3O. The van der Waals surface area contributed by atoms with Crippen LogP contribution < -0.4 is 5.32 Å². The zero-order valence-corrected chi connectivity index (χ0v) is 6.41. The Morgan fingerprint density at radius 1 is 1.62 bits per heavy atom. The molecule has 1 amide bonds. The lowest BCUT2D eigenvalue weighted by Gasteiger charge is -1.98. The first-order chi connectivity index (χ1) is 6.24. The molecule has 1 atom stereocenters. The number of aromatic nitrogens is 1. The Hall–Kier alpha value is -1.96. The Balaban J connectivity index is 2.64.